The third-order valence-corrected chi connectivity index (χ3v) is 7.82. The van der Waals surface area contributed by atoms with E-state index in [1.165, 1.54) is 0 Å². The third-order valence-electron chi connectivity index (χ3n) is 5.90. The first-order chi connectivity index (χ1) is 17.2. The van der Waals surface area contributed by atoms with Gasteiger partial charge >= 0.3 is 0 Å². The molecule has 36 heavy (non-hydrogen) atoms. The van der Waals surface area contributed by atoms with Crippen LogP contribution in [0.25, 0.3) is 22.3 Å². The first-order valence-corrected chi connectivity index (χ1v) is 12.2. The number of rotatable bonds is 4. The zero-order chi connectivity index (χ0) is 25.6. The summed E-state index contributed by atoms with van der Waals surface area (Å²) >= 11 is 0. The third kappa shape index (κ3) is 3.95. The highest BCUT2D eigenvalue weighted by Gasteiger charge is 2.38. The van der Waals surface area contributed by atoms with Crippen LogP contribution in [0.4, 0.5) is 27.8 Å². The fourth-order valence-electron chi connectivity index (χ4n) is 4.08. The van der Waals surface area contributed by atoms with Crippen LogP contribution in [0.3, 0.4) is 0 Å². The van der Waals surface area contributed by atoms with Crippen LogP contribution < -0.4 is 4.90 Å². The Bertz CT molecular complexity index is 1550. The van der Waals surface area contributed by atoms with Crippen molar-refractivity contribution in [1.82, 2.24) is 14.3 Å². The summed E-state index contributed by atoms with van der Waals surface area (Å²) < 4.78 is 95.6. The molecule has 1 saturated heterocycles. The molecule has 2 heterocycles. The Kier molecular flexibility index (Phi) is 6.08. The second kappa shape index (κ2) is 9.10. The minimum Gasteiger partial charge on any atom is -0.352 e. The molecular weight excluding hydrogens is 503 g/mol. The number of hydrogen-bond donors (Lipinski definition) is 0. The van der Waals surface area contributed by atoms with Gasteiger partial charge in [0.2, 0.25) is 15.8 Å². The van der Waals surface area contributed by atoms with Crippen molar-refractivity contribution >= 4 is 26.9 Å². The Morgan fingerprint density at radius 3 is 1.72 bits per heavy atom. The van der Waals surface area contributed by atoms with Crippen molar-refractivity contribution in [3.05, 3.63) is 83.7 Å². The normalized spacial score (nSPS) is 15.0. The predicted molar refractivity (Wildman–Crippen MR) is 122 cm³/mol. The highest BCUT2D eigenvalue weighted by molar-refractivity contribution is 7.89. The second-order valence-corrected chi connectivity index (χ2v) is 9.92. The van der Waals surface area contributed by atoms with E-state index in [0.717, 1.165) is 5.56 Å². The molecule has 0 aliphatic carbocycles. The Balaban J connectivity index is 1.49. The van der Waals surface area contributed by atoms with E-state index in [1.54, 1.807) is 17.0 Å². The van der Waals surface area contributed by atoms with Crippen LogP contribution in [0.2, 0.25) is 0 Å². The SMILES string of the molecule is O=S(=O)(c1c(F)c(F)c(F)c(F)c1F)N1CCN(c2nc3ccccc3nc2-c2ccccc2)CC1. The maximum absolute atomic E-state index is 14.2. The quantitative estimate of drug-likeness (QED) is 0.225. The summed E-state index contributed by atoms with van der Waals surface area (Å²) in [5.41, 5.74) is 2.61. The lowest BCUT2D eigenvalue weighted by atomic mass is 10.1. The number of nitrogens with zero attached hydrogens (tertiary/aromatic N) is 4. The first-order valence-electron chi connectivity index (χ1n) is 10.8. The van der Waals surface area contributed by atoms with Gasteiger partial charge in [0.1, 0.15) is 5.69 Å². The monoisotopic (exact) mass is 520 g/mol. The first kappa shape index (κ1) is 24.1. The molecule has 0 bridgehead atoms. The highest BCUT2D eigenvalue weighted by atomic mass is 32.2. The molecule has 0 spiro atoms. The standard InChI is InChI=1S/C24H17F5N4O2S/c25-17-18(26)20(28)23(21(29)19(17)27)36(34,35)33-12-10-32(11-13-33)24-22(14-6-2-1-3-7-14)30-15-8-4-5-9-16(15)31-24/h1-9H,10-13H2. The van der Waals surface area contributed by atoms with Crippen molar-refractivity contribution in [1.29, 1.82) is 0 Å². The summed E-state index contributed by atoms with van der Waals surface area (Å²) in [5, 5.41) is 0. The lowest BCUT2D eigenvalue weighted by molar-refractivity contribution is 0.344. The van der Waals surface area contributed by atoms with Gasteiger partial charge in [0.05, 0.1) is 11.0 Å². The Morgan fingerprint density at radius 2 is 1.14 bits per heavy atom. The zero-order valence-corrected chi connectivity index (χ0v) is 19.2. The van der Waals surface area contributed by atoms with E-state index in [2.05, 4.69) is 0 Å². The molecule has 3 aromatic carbocycles. The summed E-state index contributed by atoms with van der Waals surface area (Å²) in [4.78, 5) is 9.36. The summed E-state index contributed by atoms with van der Waals surface area (Å²) in [6, 6.07) is 16.5. The zero-order valence-electron chi connectivity index (χ0n) is 18.4. The number of hydrogen-bond acceptors (Lipinski definition) is 5. The second-order valence-electron chi connectivity index (χ2n) is 8.04. The van der Waals surface area contributed by atoms with Crippen LogP contribution in [0, 0.1) is 29.1 Å². The highest BCUT2D eigenvalue weighted by Crippen LogP contribution is 2.33. The molecule has 0 amide bonds. The van der Waals surface area contributed by atoms with E-state index in [-0.39, 0.29) is 26.2 Å². The molecule has 0 N–H and O–H groups in total. The number of sulfonamides is 1. The molecule has 1 aliphatic heterocycles. The number of anilines is 1. The van der Waals surface area contributed by atoms with Crippen LogP contribution >= 0.6 is 0 Å². The number of benzene rings is 3. The van der Waals surface area contributed by atoms with Gasteiger partial charge in [0.25, 0.3) is 0 Å². The van der Waals surface area contributed by atoms with Crippen molar-refractivity contribution < 1.29 is 30.4 Å². The molecule has 1 aromatic heterocycles. The smallest absolute Gasteiger partial charge is 0.249 e. The minimum absolute atomic E-state index is 0.0431. The number of fused-ring (bicyclic) bond motifs is 1. The van der Waals surface area contributed by atoms with E-state index in [9.17, 15) is 30.4 Å². The topological polar surface area (TPSA) is 66.4 Å². The van der Waals surface area contributed by atoms with Crippen molar-refractivity contribution in [2.24, 2.45) is 0 Å². The summed E-state index contributed by atoms with van der Waals surface area (Å²) in [6.45, 7) is -0.460. The molecule has 12 heteroatoms. The fourth-order valence-corrected chi connectivity index (χ4v) is 5.62. The van der Waals surface area contributed by atoms with Crippen LogP contribution in [-0.4, -0.2) is 48.9 Å². The molecule has 4 aromatic rings. The Hall–Kier alpha value is -3.64. The molecule has 0 unspecified atom stereocenters. The summed E-state index contributed by atoms with van der Waals surface area (Å²) in [6.07, 6.45) is 0. The van der Waals surface area contributed by atoms with Crippen LogP contribution in [0.15, 0.2) is 59.5 Å². The van der Waals surface area contributed by atoms with E-state index < -0.39 is 44.0 Å². The number of aromatic nitrogens is 2. The maximum atomic E-state index is 14.2. The van der Waals surface area contributed by atoms with Crippen molar-refractivity contribution in [2.45, 2.75) is 4.90 Å². The molecule has 186 valence electrons. The molecule has 6 nitrogen and oxygen atoms in total. The fraction of sp³-hybridized carbons (Fsp3) is 0.167. The van der Waals surface area contributed by atoms with E-state index in [1.807, 2.05) is 42.5 Å². The van der Waals surface area contributed by atoms with Crippen molar-refractivity contribution in [3.63, 3.8) is 0 Å². The average Bonchev–Trinajstić information content (AvgIpc) is 2.90. The predicted octanol–water partition coefficient (Wildman–Crippen LogP) is 4.50. The van der Waals surface area contributed by atoms with E-state index in [0.29, 0.717) is 26.9 Å². The largest absolute Gasteiger partial charge is 0.352 e. The van der Waals surface area contributed by atoms with Gasteiger partial charge in [-0.3, -0.25) is 0 Å². The molecule has 0 saturated carbocycles. The number of para-hydroxylation sites is 2. The Labute approximate surface area is 202 Å². The number of piperazine rings is 1. The van der Waals surface area contributed by atoms with Gasteiger partial charge in [-0.2, -0.15) is 4.31 Å². The molecule has 5 rings (SSSR count). The van der Waals surface area contributed by atoms with Gasteiger partial charge in [-0.05, 0) is 12.1 Å². The lowest BCUT2D eigenvalue weighted by Crippen LogP contribution is -2.49. The van der Waals surface area contributed by atoms with Crippen LogP contribution in [0.5, 0.6) is 0 Å². The summed E-state index contributed by atoms with van der Waals surface area (Å²) in [7, 11) is -5.01. The molecular formula is C24H17F5N4O2S. The molecule has 1 fully saturated rings. The molecule has 0 atom stereocenters. The number of halogens is 5. The maximum Gasteiger partial charge on any atom is 0.249 e. The average molecular weight is 520 g/mol. The van der Waals surface area contributed by atoms with Gasteiger partial charge in [0.15, 0.2) is 34.0 Å². The van der Waals surface area contributed by atoms with E-state index in [4.69, 9.17) is 9.97 Å². The van der Waals surface area contributed by atoms with Gasteiger partial charge in [-0.1, -0.05) is 42.5 Å². The minimum atomic E-state index is -5.01. The van der Waals surface area contributed by atoms with Crippen LogP contribution in [-0.2, 0) is 10.0 Å². The van der Waals surface area contributed by atoms with Gasteiger partial charge in [0, 0.05) is 31.7 Å². The van der Waals surface area contributed by atoms with Crippen molar-refractivity contribution in [3.8, 4) is 11.3 Å². The molecule has 1 aliphatic rings. The van der Waals surface area contributed by atoms with Gasteiger partial charge in [-0.15, -0.1) is 0 Å². The lowest BCUT2D eigenvalue weighted by Gasteiger charge is -2.35. The van der Waals surface area contributed by atoms with Gasteiger partial charge in [-0.25, -0.2) is 40.3 Å². The van der Waals surface area contributed by atoms with Crippen LogP contribution in [0.1, 0.15) is 0 Å². The van der Waals surface area contributed by atoms with E-state index >= 15 is 0 Å². The van der Waals surface area contributed by atoms with Gasteiger partial charge < -0.3 is 4.90 Å². The Morgan fingerprint density at radius 1 is 0.639 bits per heavy atom. The van der Waals surface area contributed by atoms with Crippen molar-refractivity contribution in [2.75, 3.05) is 31.1 Å². The summed E-state index contributed by atoms with van der Waals surface area (Å²) in [5.74, 6) is -11.3. The molecule has 0 radical (unpaired) electrons.